The smallest absolute Gasteiger partial charge is 0.262 e. The highest BCUT2D eigenvalue weighted by atomic mass is 79.9. The Morgan fingerprint density at radius 3 is 2.61 bits per heavy atom. The zero-order valence-corrected chi connectivity index (χ0v) is 19.2. The molecule has 0 aromatic heterocycles. The first-order valence-electron chi connectivity index (χ1n) is 10.2. The number of carbonyl (C=O) groups is 3. The fourth-order valence-electron chi connectivity index (χ4n) is 3.32. The zero-order valence-electron chi connectivity index (χ0n) is 17.6. The van der Waals surface area contributed by atoms with Crippen LogP contribution in [0.4, 0.5) is 11.4 Å². The number of amides is 3. The van der Waals surface area contributed by atoms with Crippen molar-refractivity contribution in [1.29, 1.82) is 0 Å². The van der Waals surface area contributed by atoms with E-state index in [-0.39, 0.29) is 36.7 Å². The third kappa shape index (κ3) is 6.07. The monoisotopic (exact) mass is 487 g/mol. The van der Waals surface area contributed by atoms with E-state index >= 15 is 0 Å². The third-order valence-corrected chi connectivity index (χ3v) is 5.89. The first-order chi connectivity index (χ1) is 14.9. The van der Waals surface area contributed by atoms with Crippen LogP contribution in [0.1, 0.15) is 25.3 Å². The van der Waals surface area contributed by atoms with Crippen LogP contribution in [0.2, 0.25) is 0 Å². The van der Waals surface area contributed by atoms with E-state index in [1.807, 2.05) is 32.0 Å². The van der Waals surface area contributed by atoms with E-state index < -0.39 is 0 Å². The fraction of sp³-hybridized carbons (Fsp3) is 0.348. The summed E-state index contributed by atoms with van der Waals surface area (Å²) in [5.74, 6) is -0.226. The van der Waals surface area contributed by atoms with Crippen molar-refractivity contribution in [2.75, 3.05) is 29.9 Å². The number of ether oxygens (including phenoxy) is 1. The molecule has 1 aliphatic rings. The number of hydrogen-bond donors (Lipinski definition) is 2. The van der Waals surface area contributed by atoms with Gasteiger partial charge >= 0.3 is 0 Å². The van der Waals surface area contributed by atoms with Crippen molar-refractivity contribution in [3.63, 3.8) is 0 Å². The second-order valence-electron chi connectivity index (χ2n) is 7.49. The van der Waals surface area contributed by atoms with Crippen molar-refractivity contribution in [3.8, 4) is 5.75 Å². The Morgan fingerprint density at radius 2 is 1.94 bits per heavy atom. The number of nitrogens with zero attached hydrogens (tertiary/aromatic N) is 1. The summed E-state index contributed by atoms with van der Waals surface area (Å²) in [7, 11) is 0. The van der Waals surface area contributed by atoms with Gasteiger partial charge in [0.15, 0.2) is 6.61 Å². The van der Waals surface area contributed by atoms with Crippen molar-refractivity contribution < 1.29 is 19.1 Å². The van der Waals surface area contributed by atoms with Crippen LogP contribution in [0.5, 0.6) is 5.75 Å². The molecule has 0 radical (unpaired) electrons. The Kier molecular flexibility index (Phi) is 7.68. The maximum atomic E-state index is 12.3. The van der Waals surface area contributed by atoms with Crippen LogP contribution < -0.4 is 20.3 Å². The molecule has 1 saturated heterocycles. The molecule has 1 heterocycles. The average molecular weight is 488 g/mol. The molecule has 0 saturated carbocycles. The van der Waals surface area contributed by atoms with Crippen molar-refractivity contribution in [2.45, 2.75) is 26.7 Å². The van der Waals surface area contributed by atoms with E-state index in [0.29, 0.717) is 30.2 Å². The van der Waals surface area contributed by atoms with Crippen LogP contribution >= 0.6 is 15.9 Å². The molecule has 0 spiro atoms. The van der Waals surface area contributed by atoms with Gasteiger partial charge in [0.05, 0.1) is 5.92 Å². The Morgan fingerprint density at radius 1 is 1.19 bits per heavy atom. The minimum atomic E-state index is -0.332. The number of nitrogens with one attached hydrogen (secondary N) is 2. The Labute approximate surface area is 190 Å². The van der Waals surface area contributed by atoms with Gasteiger partial charge in [0.1, 0.15) is 5.75 Å². The van der Waals surface area contributed by atoms with Crippen molar-refractivity contribution in [1.82, 2.24) is 5.32 Å². The number of rotatable bonds is 8. The first kappa shape index (κ1) is 22.8. The number of benzene rings is 2. The average Bonchev–Trinajstić information content (AvgIpc) is 3.15. The largest absolute Gasteiger partial charge is 0.484 e. The summed E-state index contributed by atoms with van der Waals surface area (Å²) in [6.45, 7) is 4.79. The quantitative estimate of drug-likeness (QED) is 0.594. The van der Waals surface area contributed by atoms with Crippen molar-refractivity contribution in [3.05, 3.63) is 52.5 Å². The zero-order chi connectivity index (χ0) is 22.4. The second-order valence-corrected chi connectivity index (χ2v) is 8.35. The van der Waals surface area contributed by atoms with Crippen LogP contribution in [0, 0.1) is 12.8 Å². The summed E-state index contributed by atoms with van der Waals surface area (Å²) in [5, 5.41) is 5.64. The summed E-state index contributed by atoms with van der Waals surface area (Å²) in [4.78, 5) is 38.2. The molecule has 7 nitrogen and oxygen atoms in total. The van der Waals surface area contributed by atoms with Gasteiger partial charge in [0, 0.05) is 35.4 Å². The molecular formula is C23H26BrN3O4. The summed E-state index contributed by atoms with van der Waals surface area (Å²) < 4.78 is 6.53. The number of hydrogen-bond acceptors (Lipinski definition) is 4. The Hall–Kier alpha value is -2.87. The molecule has 0 aliphatic carbocycles. The molecule has 0 bridgehead atoms. The molecule has 31 heavy (non-hydrogen) atoms. The molecule has 1 fully saturated rings. The first-order valence-corrected chi connectivity index (χ1v) is 11.0. The van der Waals surface area contributed by atoms with Gasteiger partial charge in [0.25, 0.3) is 5.91 Å². The van der Waals surface area contributed by atoms with Gasteiger partial charge in [-0.25, -0.2) is 0 Å². The lowest BCUT2D eigenvalue weighted by molar-refractivity contribution is -0.126. The maximum Gasteiger partial charge on any atom is 0.262 e. The Bertz CT molecular complexity index is 962. The summed E-state index contributed by atoms with van der Waals surface area (Å²) in [6.07, 6.45) is 1.07. The lowest BCUT2D eigenvalue weighted by Gasteiger charge is -2.17. The van der Waals surface area contributed by atoms with Crippen LogP contribution in [-0.2, 0) is 14.4 Å². The number of anilines is 2. The van der Waals surface area contributed by atoms with E-state index in [4.69, 9.17) is 4.74 Å². The van der Waals surface area contributed by atoms with E-state index in [1.165, 1.54) is 0 Å². The summed E-state index contributed by atoms with van der Waals surface area (Å²) >= 11 is 3.43. The fourth-order valence-corrected chi connectivity index (χ4v) is 3.56. The molecule has 8 heteroatoms. The van der Waals surface area contributed by atoms with Gasteiger partial charge in [-0.1, -0.05) is 22.9 Å². The van der Waals surface area contributed by atoms with Crippen LogP contribution in [0.25, 0.3) is 0 Å². The highest BCUT2D eigenvalue weighted by Gasteiger charge is 2.34. The minimum Gasteiger partial charge on any atom is -0.484 e. The number of aryl methyl sites for hydroxylation is 1. The van der Waals surface area contributed by atoms with Gasteiger partial charge in [-0.15, -0.1) is 0 Å². The Balaban J connectivity index is 1.52. The molecule has 2 aromatic rings. The lowest BCUT2D eigenvalue weighted by atomic mass is 10.1. The van der Waals surface area contributed by atoms with E-state index in [1.54, 1.807) is 29.2 Å². The molecule has 3 rings (SSSR count). The molecule has 3 amide bonds. The molecule has 1 aliphatic heterocycles. The summed E-state index contributed by atoms with van der Waals surface area (Å²) in [6, 6.07) is 12.5. The van der Waals surface area contributed by atoms with Crippen LogP contribution in [-0.4, -0.2) is 37.4 Å². The van der Waals surface area contributed by atoms with E-state index in [0.717, 1.165) is 16.5 Å². The number of carbonyl (C=O) groups excluding carboxylic acids is 3. The minimum absolute atomic E-state index is 0.0746. The third-order valence-electron chi connectivity index (χ3n) is 5.01. The van der Waals surface area contributed by atoms with Gasteiger partial charge in [-0.3, -0.25) is 14.4 Å². The maximum absolute atomic E-state index is 12.3. The van der Waals surface area contributed by atoms with Gasteiger partial charge in [-0.05, 0) is 61.4 Å². The van der Waals surface area contributed by atoms with Gasteiger partial charge < -0.3 is 20.3 Å². The van der Waals surface area contributed by atoms with Crippen LogP contribution in [0.15, 0.2) is 46.9 Å². The van der Waals surface area contributed by atoms with E-state index in [2.05, 4.69) is 26.6 Å². The van der Waals surface area contributed by atoms with E-state index in [9.17, 15) is 14.4 Å². The highest BCUT2D eigenvalue weighted by molar-refractivity contribution is 9.10. The molecule has 1 atom stereocenters. The second kappa shape index (κ2) is 10.4. The van der Waals surface area contributed by atoms with Crippen molar-refractivity contribution in [2.24, 2.45) is 5.92 Å². The predicted octanol–water partition coefficient (Wildman–Crippen LogP) is 3.65. The lowest BCUT2D eigenvalue weighted by Crippen LogP contribution is -2.33. The SMILES string of the molecule is CCCNC(=O)[C@@H]1CC(=O)N(c2ccc(OCC(=O)Nc3ccc(Br)c(C)c3)cc2)C1. The molecule has 2 N–H and O–H groups in total. The molecule has 164 valence electrons. The van der Waals surface area contributed by atoms with Crippen molar-refractivity contribution >= 4 is 45.0 Å². The topological polar surface area (TPSA) is 87.7 Å². The molecular weight excluding hydrogens is 462 g/mol. The van der Waals surface area contributed by atoms with Gasteiger partial charge in [0.2, 0.25) is 11.8 Å². The number of halogens is 1. The predicted molar refractivity (Wildman–Crippen MR) is 123 cm³/mol. The summed E-state index contributed by atoms with van der Waals surface area (Å²) in [5.41, 5.74) is 2.43. The van der Waals surface area contributed by atoms with Crippen LogP contribution in [0.3, 0.4) is 0 Å². The van der Waals surface area contributed by atoms with Gasteiger partial charge in [-0.2, -0.15) is 0 Å². The highest BCUT2D eigenvalue weighted by Crippen LogP contribution is 2.27. The normalized spacial score (nSPS) is 15.6. The standard InChI is InChI=1S/C23H26BrN3O4/c1-3-10-25-23(30)16-12-22(29)27(13-16)18-5-7-19(8-6-18)31-14-21(28)26-17-4-9-20(24)15(2)11-17/h4-9,11,16H,3,10,12-14H2,1-2H3,(H,25,30)(H,26,28)/t16-/m1/s1. The molecule has 0 unspecified atom stereocenters. The molecule has 2 aromatic carbocycles.